The van der Waals surface area contributed by atoms with Gasteiger partial charge in [-0.3, -0.25) is 4.79 Å². The molecule has 2 aromatic carbocycles. The van der Waals surface area contributed by atoms with Crippen LogP contribution in [0.2, 0.25) is 0 Å². The number of nitrogens with zero attached hydrogens (tertiary/aromatic N) is 2. The molecule has 3 nitrogen and oxygen atoms in total. The molecule has 0 aliphatic heterocycles. The zero-order valence-electron chi connectivity index (χ0n) is 11.2. The van der Waals surface area contributed by atoms with Gasteiger partial charge in [-0.25, -0.2) is 4.98 Å². The predicted molar refractivity (Wildman–Crippen MR) is 80.6 cm³/mol. The van der Waals surface area contributed by atoms with Gasteiger partial charge in [-0.1, -0.05) is 42.0 Å². The summed E-state index contributed by atoms with van der Waals surface area (Å²) in [5.41, 5.74) is 3.74. The molecule has 0 saturated carbocycles. The van der Waals surface area contributed by atoms with Gasteiger partial charge in [-0.2, -0.15) is 0 Å². The first kappa shape index (κ1) is 12.4. The highest BCUT2D eigenvalue weighted by atomic mass is 16.1. The van der Waals surface area contributed by atoms with Crippen molar-refractivity contribution < 1.29 is 4.79 Å². The average Bonchev–Trinajstić information content (AvgIpc) is 2.89. The number of hydrogen-bond acceptors (Lipinski definition) is 2. The fourth-order valence-electron chi connectivity index (χ4n) is 2.06. The number of hydrogen-bond donors (Lipinski definition) is 0. The summed E-state index contributed by atoms with van der Waals surface area (Å²) in [5.74, 6) is -0.0113. The number of carbonyl (C=O) groups excluding carboxylic acids is 1. The van der Waals surface area contributed by atoms with Crippen molar-refractivity contribution in [2.24, 2.45) is 0 Å². The highest BCUT2D eigenvalue weighted by molar-refractivity contribution is 6.06. The lowest BCUT2D eigenvalue weighted by atomic mass is 10.1. The summed E-state index contributed by atoms with van der Waals surface area (Å²) in [6.45, 7) is 2.00. The molecule has 0 aliphatic carbocycles. The molecule has 0 saturated heterocycles. The highest BCUT2D eigenvalue weighted by Gasteiger charge is 2.02. The predicted octanol–water partition coefficient (Wildman–Crippen LogP) is 3.70. The molecule has 0 fully saturated rings. The maximum Gasteiger partial charge on any atom is 0.187 e. The summed E-state index contributed by atoms with van der Waals surface area (Å²) in [7, 11) is 0. The van der Waals surface area contributed by atoms with Crippen LogP contribution in [0, 0.1) is 6.92 Å². The van der Waals surface area contributed by atoms with E-state index in [-0.39, 0.29) is 5.78 Å². The highest BCUT2D eigenvalue weighted by Crippen LogP contribution is 2.12. The Bertz CT molecular complexity index is 782. The van der Waals surface area contributed by atoms with Gasteiger partial charge in [-0.05, 0) is 19.1 Å². The Hall–Kier alpha value is -2.68. The first-order valence-corrected chi connectivity index (χ1v) is 6.45. The Kier molecular flexibility index (Phi) is 3.17. The normalized spacial score (nSPS) is 11.2. The number of aryl methyl sites for hydroxylation is 1. The topological polar surface area (TPSA) is 34.9 Å². The van der Waals surface area contributed by atoms with Crippen LogP contribution in [0.4, 0.5) is 0 Å². The van der Waals surface area contributed by atoms with Crippen molar-refractivity contribution in [2.45, 2.75) is 6.92 Å². The lowest BCUT2D eigenvalue weighted by Gasteiger charge is -1.98. The largest absolute Gasteiger partial charge is 0.306 e. The Balaban J connectivity index is 1.87. The van der Waals surface area contributed by atoms with Crippen molar-refractivity contribution in [3.63, 3.8) is 0 Å². The van der Waals surface area contributed by atoms with Crippen LogP contribution in [-0.2, 0) is 0 Å². The van der Waals surface area contributed by atoms with Crippen LogP contribution >= 0.6 is 0 Å². The van der Waals surface area contributed by atoms with Gasteiger partial charge in [0.15, 0.2) is 5.78 Å². The monoisotopic (exact) mass is 262 g/mol. The SMILES string of the molecule is Cc1ccc(C(=O)C=Cn2cnc3ccccc32)cc1. The molecule has 3 rings (SSSR count). The first-order valence-electron chi connectivity index (χ1n) is 6.45. The second kappa shape index (κ2) is 5.13. The second-order valence-electron chi connectivity index (χ2n) is 4.69. The van der Waals surface area contributed by atoms with E-state index >= 15 is 0 Å². The molecule has 1 aromatic heterocycles. The summed E-state index contributed by atoms with van der Waals surface area (Å²) in [6, 6.07) is 15.4. The fourth-order valence-corrected chi connectivity index (χ4v) is 2.06. The van der Waals surface area contributed by atoms with Crippen LogP contribution in [0.5, 0.6) is 0 Å². The van der Waals surface area contributed by atoms with Gasteiger partial charge < -0.3 is 4.57 Å². The summed E-state index contributed by atoms with van der Waals surface area (Å²) in [4.78, 5) is 16.3. The molecule has 98 valence electrons. The molecule has 0 bridgehead atoms. The molecular weight excluding hydrogens is 248 g/mol. The molecule has 0 spiro atoms. The third-order valence-electron chi connectivity index (χ3n) is 3.20. The zero-order chi connectivity index (χ0) is 13.9. The Labute approximate surface area is 117 Å². The number of para-hydroxylation sites is 2. The van der Waals surface area contributed by atoms with Crippen LogP contribution in [0.1, 0.15) is 15.9 Å². The molecule has 1 heterocycles. The van der Waals surface area contributed by atoms with Crippen LogP contribution in [0.3, 0.4) is 0 Å². The van der Waals surface area contributed by atoms with Gasteiger partial charge >= 0.3 is 0 Å². The van der Waals surface area contributed by atoms with Gasteiger partial charge in [0.05, 0.1) is 17.4 Å². The minimum atomic E-state index is -0.0113. The number of fused-ring (bicyclic) bond motifs is 1. The number of rotatable bonds is 3. The Morgan fingerprint density at radius 3 is 2.65 bits per heavy atom. The maximum absolute atomic E-state index is 12.1. The van der Waals surface area contributed by atoms with Gasteiger partial charge in [0, 0.05) is 17.8 Å². The number of benzene rings is 2. The molecule has 20 heavy (non-hydrogen) atoms. The number of aromatic nitrogens is 2. The number of imidazole rings is 1. The third kappa shape index (κ3) is 2.38. The zero-order valence-corrected chi connectivity index (χ0v) is 11.2. The van der Waals surface area contributed by atoms with E-state index < -0.39 is 0 Å². The molecule has 3 heteroatoms. The van der Waals surface area contributed by atoms with Crippen molar-refractivity contribution in [3.05, 3.63) is 72.1 Å². The summed E-state index contributed by atoms with van der Waals surface area (Å²) in [5, 5.41) is 0. The standard InChI is InChI=1S/C17H14N2O/c1-13-6-8-14(9-7-13)17(20)10-11-19-12-18-15-4-2-3-5-16(15)19/h2-12H,1H3. The second-order valence-corrected chi connectivity index (χ2v) is 4.69. The van der Waals surface area contributed by atoms with E-state index in [1.165, 1.54) is 0 Å². The lowest BCUT2D eigenvalue weighted by Crippen LogP contribution is -1.95. The molecular formula is C17H14N2O. The van der Waals surface area contributed by atoms with Crippen LogP contribution in [-0.4, -0.2) is 15.3 Å². The van der Waals surface area contributed by atoms with Crippen LogP contribution in [0.15, 0.2) is 60.9 Å². The van der Waals surface area contributed by atoms with Gasteiger partial charge in [0.25, 0.3) is 0 Å². The van der Waals surface area contributed by atoms with Crippen molar-refractivity contribution in [3.8, 4) is 0 Å². The maximum atomic E-state index is 12.1. The number of allylic oxidation sites excluding steroid dienone is 1. The van der Waals surface area contributed by atoms with Crippen molar-refractivity contribution >= 4 is 23.0 Å². The van der Waals surface area contributed by atoms with Crippen molar-refractivity contribution in [1.29, 1.82) is 0 Å². The van der Waals surface area contributed by atoms with Gasteiger partial charge in [-0.15, -0.1) is 0 Å². The lowest BCUT2D eigenvalue weighted by molar-refractivity contribution is 0.104. The molecule has 0 unspecified atom stereocenters. The first-order chi connectivity index (χ1) is 9.74. The molecule has 0 aliphatic rings. The Morgan fingerprint density at radius 2 is 1.85 bits per heavy atom. The smallest absolute Gasteiger partial charge is 0.187 e. The number of carbonyl (C=O) groups is 1. The minimum Gasteiger partial charge on any atom is -0.306 e. The van der Waals surface area contributed by atoms with Gasteiger partial charge in [0.1, 0.15) is 0 Å². The number of ketones is 1. The molecule has 0 radical (unpaired) electrons. The molecule has 0 N–H and O–H groups in total. The summed E-state index contributed by atoms with van der Waals surface area (Å²) >= 11 is 0. The van der Waals surface area contributed by atoms with Crippen molar-refractivity contribution in [1.82, 2.24) is 9.55 Å². The van der Waals surface area contributed by atoms with Crippen LogP contribution < -0.4 is 0 Å². The minimum absolute atomic E-state index is 0.0113. The molecule has 0 atom stereocenters. The van der Waals surface area contributed by atoms with E-state index in [1.807, 2.05) is 60.0 Å². The fraction of sp³-hybridized carbons (Fsp3) is 0.0588. The molecule has 3 aromatic rings. The van der Waals surface area contributed by atoms with Gasteiger partial charge in [0.2, 0.25) is 0 Å². The van der Waals surface area contributed by atoms with E-state index in [2.05, 4.69) is 4.98 Å². The van der Waals surface area contributed by atoms with E-state index in [9.17, 15) is 4.79 Å². The van der Waals surface area contributed by atoms with Crippen molar-refractivity contribution in [2.75, 3.05) is 0 Å². The van der Waals surface area contributed by atoms with E-state index in [0.717, 1.165) is 16.6 Å². The average molecular weight is 262 g/mol. The Morgan fingerprint density at radius 1 is 1.10 bits per heavy atom. The quantitative estimate of drug-likeness (QED) is 0.533. The molecule has 0 amide bonds. The van der Waals surface area contributed by atoms with E-state index in [1.54, 1.807) is 18.6 Å². The van der Waals surface area contributed by atoms with Crippen LogP contribution in [0.25, 0.3) is 17.2 Å². The summed E-state index contributed by atoms with van der Waals surface area (Å²) in [6.07, 6.45) is 5.03. The van der Waals surface area contributed by atoms with E-state index in [4.69, 9.17) is 0 Å². The van der Waals surface area contributed by atoms with E-state index in [0.29, 0.717) is 5.56 Å². The third-order valence-corrected chi connectivity index (χ3v) is 3.20. The summed E-state index contributed by atoms with van der Waals surface area (Å²) < 4.78 is 1.85.